The van der Waals surface area contributed by atoms with Crippen LogP contribution in [0.2, 0.25) is 10.0 Å². The number of nitrogens with zero attached hydrogens (tertiary/aromatic N) is 3. The molecule has 0 radical (unpaired) electrons. The van der Waals surface area contributed by atoms with Gasteiger partial charge in [0.2, 0.25) is 0 Å². The first-order chi connectivity index (χ1) is 17.9. The molecule has 2 atom stereocenters. The summed E-state index contributed by atoms with van der Waals surface area (Å²) >= 11 is 12.6. The second-order valence-corrected chi connectivity index (χ2v) is 10.6. The number of halogens is 2. The van der Waals surface area contributed by atoms with Crippen molar-refractivity contribution in [3.63, 3.8) is 0 Å². The lowest BCUT2D eigenvalue weighted by atomic mass is 9.84. The van der Waals surface area contributed by atoms with Gasteiger partial charge in [0.1, 0.15) is 6.10 Å². The predicted octanol–water partition coefficient (Wildman–Crippen LogP) is 6.37. The van der Waals surface area contributed by atoms with Gasteiger partial charge < -0.3 is 15.1 Å². The van der Waals surface area contributed by atoms with E-state index in [1.54, 1.807) is 16.9 Å². The number of rotatable bonds is 8. The molecule has 4 aromatic rings. The van der Waals surface area contributed by atoms with Gasteiger partial charge in [-0.25, -0.2) is 4.68 Å². The minimum Gasteiger partial charge on any atom is -0.386 e. The number of benzene rings is 3. The molecule has 1 aliphatic rings. The Bertz CT molecular complexity index is 1300. The van der Waals surface area contributed by atoms with E-state index in [0.29, 0.717) is 29.3 Å². The van der Waals surface area contributed by atoms with E-state index in [4.69, 9.17) is 23.2 Å². The molecule has 2 heterocycles. The maximum Gasteiger partial charge on any atom is 0.103 e. The van der Waals surface area contributed by atoms with E-state index >= 15 is 0 Å². The van der Waals surface area contributed by atoms with Gasteiger partial charge >= 0.3 is 0 Å². The van der Waals surface area contributed by atoms with Crippen LogP contribution in [0.4, 0.5) is 0 Å². The molecule has 5 nitrogen and oxygen atoms in total. The lowest BCUT2D eigenvalue weighted by molar-refractivity contribution is -0.0271. The minimum atomic E-state index is -0.800. The predicted molar refractivity (Wildman–Crippen MR) is 148 cm³/mol. The summed E-state index contributed by atoms with van der Waals surface area (Å²) in [7, 11) is 0. The molecule has 0 aliphatic carbocycles. The highest BCUT2D eigenvalue weighted by atomic mass is 35.5. The van der Waals surface area contributed by atoms with Gasteiger partial charge in [-0.3, -0.25) is 0 Å². The number of aromatic nitrogens is 2. The van der Waals surface area contributed by atoms with Crippen molar-refractivity contribution in [1.29, 1.82) is 0 Å². The summed E-state index contributed by atoms with van der Waals surface area (Å²) in [6.45, 7) is 2.36. The first kappa shape index (κ1) is 26.0. The molecule has 0 spiro atoms. The zero-order valence-electron chi connectivity index (χ0n) is 20.5. The number of hydrogen-bond acceptors (Lipinski definition) is 4. The highest BCUT2D eigenvalue weighted by Crippen LogP contribution is 2.38. The molecule has 3 aromatic carbocycles. The van der Waals surface area contributed by atoms with Crippen molar-refractivity contribution in [2.75, 3.05) is 19.6 Å². The summed E-state index contributed by atoms with van der Waals surface area (Å²) in [5.41, 5.74) is 2.74. The molecule has 1 fully saturated rings. The zero-order chi connectivity index (χ0) is 25.8. The van der Waals surface area contributed by atoms with Gasteiger partial charge in [0.05, 0.1) is 27.0 Å². The molecule has 0 bridgehead atoms. The quantitative estimate of drug-likeness (QED) is 0.275. The van der Waals surface area contributed by atoms with Crippen LogP contribution >= 0.6 is 23.2 Å². The second-order valence-electron chi connectivity index (χ2n) is 9.76. The third kappa shape index (κ3) is 5.77. The third-order valence-electron chi connectivity index (χ3n) is 7.48. The molecule has 192 valence electrons. The van der Waals surface area contributed by atoms with Crippen LogP contribution in [-0.2, 0) is 5.60 Å². The van der Waals surface area contributed by atoms with Gasteiger partial charge in [-0.1, -0.05) is 77.8 Å². The summed E-state index contributed by atoms with van der Waals surface area (Å²) in [5, 5.41) is 28.4. The third-order valence-corrected chi connectivity index (χ3v) is 8.22. The molecule has 0 amide bonds. The fraction of sp³-hybridized carbons (Fsp3) is 0.300. The Kier molecular flexibility index (Phi) is 7.98. The van der Waals surface area contributed by atoms with E-state index < -0.39 is 11.7 Å². The molecular formula is C30H31Cl2N3O2. The van der Waals surface area contributed by atoms with Crippen molar-refractivity contribution in [3.05, 3.63) is 118 Å². The Hall–Kier alpha value is -2.67. The van der Waals surface area contributed by atoms with E-state index in [9.17, 15) is 10.2 Å². The molecule has 0 saturated carbocycles. The molecule has 1 saturated heterocycles. The Morgan fingerprint density at radius 1 is 0.865 bits per heavy atom. The Balaban J connectivity index is 1.34. The van der Waals surface area contributed by atoms with Gasteiger partial charge in [0.25, 0.3) is 0 Å². The van der Waals surface area contributed by atoms with Gasteiger partial charge in [-0.15, -0.1) is 0 Å². The van der Waals surface area contributed by atoms with Crippen molar-refractivity contribution in [2.45, 2.75) is 36.9 Å². The fourth-order valence-corrected chi connectivity index (χ4v) is 5.59. The normalized spacial score (nSPS) is 17.4. The molecular weight excluding hydrogens is 505 g/mol. The highest BCUT2D eigenvalue weighted by molar-refractivity contribution is 6.42. The van der Waals surface area contributed by atoms with Crippen LogP contribution in [0.5, 0.6) is 0 Å². The number of hydrogen-bond donors (Lipinski definition) is 2. The van der Waals surface area contributed by atoms with Crippen LogP contribution in [0.15, 0.2) is 91.1 Å². The zero-order valence-corrected chi connectivity index (χ0v) is 22.1. The van der Waals surface area contributed by atoms with E-state index in [1.165, 1.54) is 0 Å². The first-order valence-electron chi connectivity index (χ1n) is 12.7. The highest BCUT2D eigenvalue weighted by Gasteiger charge is 2.34. The summed E-state index contributed by atoms with van der Waals surface area (Å²) in [6, 6.07) is 27.2. The van der Waals surface area contributed by atoms with Crippen LogP contribution in [-0.4, -0.2) is 44.5 Å². The average molecular weight is 537 g/mol. The standard InChI is InChI=1S/C30H31Cl2N3O2/c31-26-12-11-22(21-27(26)32)25(29(36)28-13-17-33-35(28)24-9-5-2-6-10-24)14-18-34-19-15-30(37,16-20-34)23-7-3-1-4-8-23/h1-13,17,21,25,29,36-37H,14-16,18-20H2. The van der Waals surface area contributed by atoms with Crippen LogP contribution in [0, 0.1) is 0 Å². The smallest absolute Gasteiger partial charge is 0.103 e. The van der Waals surface area contributed by atoms with E-state index in [1.807, 2.05) is 78.9 Å². The lowest BCUT2D eigenvalue weighted by Crippen LogP contribution is -2.43. The lowest BCUT2D eigenvalue weighted by Gasteiger charge is -2.39. The van der Waals surface area contributed by atoms with Crippen LogP contribution in [0.1, 0.15) is 48.1 Å². The van der Waals surface area contributed by atoms with E-state index in [0.717, 1.165) is 42.1 Å². The summed E-state index contributed by atoms with van der Waals surface area (Å²) in [5.74, 6) is -0.219. The van der Waals surface area contributed by atoms with Crippen molar-refractivity contribution in [1.82, 2.24) is 14.7 Å². The largest absolute Gasteiger partial charge is 0.386 e. The Morgan fingerprint density at radius 3 is 2.22 bits per heavy atom. The van der Waals surface area contributed by atoms with E-state index in [-0.39, 0.29) is 5.92 Å². The molecule has 5 rings (SSSR count). The number of piperidine rings is 1. The maximum absolute atomic E-state index is 11.7. The van der Waals surface area contributed by atoms with Crippen molar-refractivity contribution in [2.24, 2.45) is 0 Å². The van der Waals surface area contributed by atoms with Crippen LogP contribution in [0.3, 0.4) is 0 Å². The number of aliphatic hydroxyl groups is 2. The fourth-order valence-electron chi connectivity index (χ4n) is 5.28. The van der Waals surface area contributed by atoms with E-state index in [2.05, 4.69) is 10.00 Å². The van der Waals surface area contributed by atoms with Crippen LogP contribution < -0.4 is 0 Å². The topological polar surface area (TPSA) is 61.5 Å². The number of para-hydroxylation sites is 1. The second kappa shape index (κ2) is 11.4. The van der Waals surface area contributed by atoms with Crippen LogP contribution in [0.25, 0.3) is 5.69 Å². The number of aliphatic hydroxyl groups excluding tert-OH is 1. The van der Waals surface area contributed by atoms with Crippen molar-refractivity contribution in [3.8, 4) is 5.69 Å². The molecule has 37 heavy (non-hydrogen) atoms. The Morgan fingerprint density at radius 2 is 1.54 bits per heavy atom. The monoisotopic (exact) mass is 535 g/mol. The number of likely N-dealkylation sites (tertiary alicyclic amines) is 1. The van der Waals surface area contributed by atoms with Crippen molar-refractivity contribution >= 4 is 23.2 Å². The van der Waals surface area contributed by atoms with Gasteiger partial charge in [-0.2, -0.15) is 5.10 Å². The van der Waals surface area contributed by atoms with Gasteiger partial charge in [0.15, 0.2) is 0 Å². The minimum absolute atomic E-state index is 0.219. The first-order valence-corrected chi connectivity index (χ1v) is 13.4. The average Bonchev–Trinajstić information content (AvgIpc) is 3.43. The Labute approximate surface area is 227 Å². The molecule has 1 aromatic heterocycles. The molecule has 2 unspecified atom stereocenters. The van der Waals surface area contributed by atoms with Gasteiger partial charge in [-0.05, 0) is 67.3 Å². The summed E-state index contributed by atoms with van der Waals surface area (Å²) < 4.78 is 1.79. The summed E-state index contributed by atoms with van der Waals surface area (Å²) in [4.78, 5) is 2.36. The summed E-state index contributed by atoms with van der Waals surface area (Å²) in [6.07, 6.45) is 2.98. The molecule has 7 heteroatoms. The van der Waals surface area contributed by atoms with Crippen molar-refractivity contribution < 1.29 is 10.2 Å². The SMILES string of the molecule is OC(c1ccnn1-c1ccccc1)C(CCN1CCC(O)(c2ccccc2)CC1)c1ccc(Cl)c(Cl)c1. The van der Waals surface area contributed by atoms with Gasteiger partial charge in [0, 0.05) is 25.2 Å². The maximum atomic E-state index is 11.7. The molecule has 1 aliphatic heterocycles. The molecule has 2 N–H and O–H groups in total.